The molecule has 0 saturated carbocycles. The van der Waals surface area contributed by atoms with Crippen LogP contribution < -0.4 is 30.0 Å². The normalized spacial score (nSPS) is 29.0. The van der Waals surface area contributed by atoms with E-state index >= 15 is 0 Å². The molecule has 2 aromatic rings. The number of benzene rings is 2. The van der Waals surface area contributed by atoms with E-state index in [2.05, 4.69) is 10.2 Å². The van der Waals surface area contributed by atoms with Crippen molar-refractivity contribution in [2.45, 2.75) is 88.8 Å². The van der Waals surface area contributed by atoms with E-state index in [1.165, 1.54) is 25.8 Å². The highest BCUT2D eigenvalue weighted by atomic mass is 32.2. The van der Waals surface area contributed by atoms with Crippen LogP contribution in [-0.4, -0.2) is 102 Å². The molecule has 5 aliphatic rings. The van der Waals surface area contributed by atoms with E-state index in [0.717, 1.165) is 11.1 Å². The van der Waals surface area contributed by atoms with Gasteiger partial charge in [-0.2, -0.15) is 0 Å². The molecule has 5 heterocycles. The second-order valence-corrected chi connectivity index (χ2v) is 15.2. The Labute approximate surface area is 294 Å². The summed E-state index contributed by atoms with van der Waals surface area (Å²) in [6, 6.07) is -2.14. The van der Waals surface area contributed by atoms with Crippen LogP contribution in [0.2, 0.25) is 0 Å². The fourth-order valence-electron chi connectivity index (χ4n) is 8.45. The number of hydrogen-bond donors (Lipinski definition) is 4. The van der Waals surface area contributed by atoms with Crippen LogP contribution in [0, 0.1) is 19.8 Å². The number of rotatable bonds is 5. The van der Waals surface area contributed by atoms with Gasteiger partial charge in [0.25, 0.3) is 0 Å². The van der Waals surface area contributed by atoms with Crippen LogP contribution in [-0.2, 0) is 25.5 Å². The molecule has 0 spiro atoms. The standard InChI is InChI=1S/C35H44N4O10S/c1-13(2)24(36)33(42)37-18-11-50-32-23-22(31-30(47-12-48-31)15(4)29(23)49-16(5)40)20(10-46-35(18)44)39-26(32)25-21-17(9-19(34(39)43)38(25)6)8-14(3)28(45-7)27(21)41/h8,13,18-20,24-26,32,34,41,43H,9-12,36H2,1-7H3,(H,37,42)/t18?,19-,20-,24?,25-,26?,32-,34+/m1/s1. The Bertz CT molecular complexity index is 1770. The first-order valence-corrected chi connectivity index (χ1v) is 17.9. The number of aryl methyl sites for hydroxylation is 1. The number of cyclic esters (lactones) is 1. The fourth-order valence-corrected chi connectivity index (χ4v) is 9.95. The minimum atomic E-state index is -1.05. The third-order valence-electron chi connectivity index (χ3n) is 10.8. The summed E-state index contributed by atoms with van der Waals surface area (Å²) in [5.41, 5.74) is 10.3. The highest BCUT2D eigenvalue weighted by Gasteiger charge is 2.60. The fraction of sp³-hybridized carbons (Fsp3) is 0.571. The van der Waals surface area contributed by atoms with Gasteiger partial charge in [-0.05, 0) is 44.4 Å². The summed E-state index contributed by atoms with van der Waals surface area (Å²) >= 11 is 1.36. The number of hydrogen-bond acceptors (Lipinski definition) is 14. The molecule has 5 N–H and O–H groups in total. The van der Waals surface area contributed by atoms with Crippen LogP contribution in [0.5, 0.6) is 28.7 Å². The summed E-state index contributed by atoms with van der Waals surface area (Å²) in [4.78, 5) is 43.6. The van der Waals surface area contributed by atoms with Gasteiger partial charge in [0.05, 0.1) is 36.5 Å². The number of aliphatic hydroxyl groups excluding tert-OH is 1. The maximum absolute atomic E-state index is 13.7. The highest BCUT2D eigenvalue weighted by molar-refractivity contribution is 7.99. The van der Waals surface area contributed by atoms with Crippen molar-refractivity contribution >= 4 is 29.6 Å². The molecule has 0 radical (unpaired) electrons. The number of nitrogens with zero attached hydrogens (tertiary/aromatic N) is 2. The van der Waals surface area contributed by atoms with Crippen LogP contribution in [0.3, 0.4) is 0 Å². The quantitative estimate of drug-likeness (QED) is 0.261. The lowest BCUT2D eigenvalue weighted by molar-refractivity contribution is -0.184. The van der Waals surface area contributed by atoms with Gasteiger partial charge in [-0.15, -0.1) is 11.8 Å². The number of likely N-dealkylation sites (N-methyl/N-ethyl adjacent to an activating group) is 1. The number of aromatic hydroxyl groups is 1. The van der Waals surface area contributed by atoms with E-state index in [0.29, 0.717) is 51.7 Å². The van der Waals surface area contributed by atoms with Crippen molar-refractivity contribution in [2.75, 3.05) is 33.3 Å². The third kappa shape index (κ3) is 5.19. The van der Waals surface area contributed by atoms with E-state index in [9.17, 15) is 24.6 Å². The Morgan fingerprint density at radius 2 is 1.84 bits per heavy atom. The molecule has 3 unspecified atom stereocenters. The zero-order chi connectivity index (χ0) is 35.9. The number of methoxy groups -OCH3 is 1. The molecule has 14 nitrogen and oxygen atoms in total. The smallest absolute Gasteiger partial charge is 0.329 e. The van der Waals surface area contributed by atoms with Crippen LogP contribution >= 0.6 is 11.8 Å². The first-order chi connectivity index (χ1) is 23.8. The minimum Gasteiger partial charge on any atom is -0.504 e. The van der Waals surface area contributed by atoms with Crippen molar-refractivity contribution in [3.63, 3.8) is 0 Å². The van der Waals surface area contributed by atoms with Crippen LogP contribution in [0.15, 0.2) is 6.07 Å². The molecule has 270 valence electrons. The maximum atomic E-state index is 13.7. The molecule has 2 fully saturated rings. The number of carbonyl (C=O) groups is 3. The van der Waals surface area contributed by atoms with E-state index in [1.807, 2.05) is 38.8 Å². The van der Waals surface area contributed by atoms with E-state index < -0.39 is 65.6 Å². The number of thioether (sulfide) groups is 1. The largest absolute Gasteiger partial charge is 0.504 e. The predicted octanol–water partition coefficient (Wildman–Crippen LogP) is 2.13. The molecule has 5 aliphatic heterocycles. The van der Waals surface area contributed by atoms with E-state index in [-0.39, 0.29) is 30.8 Å². The van der Waals surface area contributed by atoms with Gasteiger partial charge in [-0.3, -0.25) is 19.4 Å². The zero-order valence-corrected chi connectivity index (χ0v) is 30.0. The van der Waals surface area contributed by atoms with Gasteiger partial charge in [0, 0.05) is 41.0 Å². The van der Waals surface area contributed by atoms with Crippen LogP contribution in [0.4, 0.5) is 0 Å². The van der Waals surface area contributed by atoms with Crippen molar-refractivity contribution < 1.29 is 48.3 Å². The van der Waals surface area contributed by atoms with E-state index in [4.69, 9.17) is 29.4 Å². The molecular formula is C35H44N4O10S. The molecule has 4 bridgehead atoms. The number of piperazine rings is 1. The molecule has 0 aliphatic carbocycles. The van der Waals surface area contributed by atoms with Crippen molar-refractivity contribution in [2.24, 2.45) is 11.7 Å². The molecule has 1 amide bonds. The van der Waals surface area contributed by atoms with Gasteiger partial charge in [0.1, 0.15) is 24.6 Å². The number of nitrogens with one attached hydrogen (secondary N) is 1. The SMILES string of the molecule is COc1c(C)cc2c(c1O)[C@@H]1C3[C@@H]4SCC(NC(=O)C(N)C(C)C)C(=O)OC[C@H](c5c6c(c(C)c(OC(C)=O)c54)OCO6)N3[C@@H](O)[C@@H](C2)N1C. The number of fused-ring (bicyclic) bond motifs is 9. The summed E-state index contributed by atoms with van der Waals surface area (Å²) in [7, 11) is 3.44. The number of carbonyl (C=O) groups excluding carboxylic acids is 3. The monoisotopic (exact) mass is 712 g/mol. The lowest BCUT2D eigenvalue weighted by atomic mass is 9.73. The zero-order valence-electron chi connectivity index (χ0n) is 29.1. The van der Waals surface area contributed by atoms with Gasteiger partial charge in [-0.1, -0.05) is 19.9 Å². The first-order valence-electron chi connectivity index (χ1n) is 16.8. The van der Waals surface area contributed by atoms with Gasteiger partial charge in [-0.25, -0.2) is 4.79 Å². The average Bonchev–Trinajstić information content (AvgIpc) is 3.56. The average molecular weight is 713 g/mol. The van der Waals surface area contributed by atoms with Gasteiger partial charge in [0.15, 0.2) is 23.0 Å². The predicted molar refractivity (Wildman–Crippen MR) is 181 cm³/mol. The second kappa shape index (κ2) is 12.8. The highest BCUT2D eigenvalue weighted by Crippen LogP contribution is 2.63. The van der Waals surface area contributed by atoms with Crippen LogP contribution in [0.25, 0.3) is 0 Å². The summed E-state index contributed by atoms with van der Waals surface area (Å²) in [5, 5.41) is 26.4. The molecular weight excluding hydrogens is 668 g/mol. The summed E-state index contributed by atoms with van der Waals surface area (Å²) < 4.78 is 29.7. The molecule has 15 heteroatoms. The summed E-state index contributed by atoms with van der Waals surface area (Å²) in [6.45, 7) is 8.35. The summed E-state index contributed by atoms with van der Waals surface area (Å²) in [5.74, 6) is -0.221. The van der Waals surface area contributed by atoms with Gasteiger partial charge >= 0.3 is 11.9 Å². The second-order valence-electron chi connectivity index (χ2n) is 14.1. The number of amides is 1. The topological polar surface area (TPSA) is 182 Å². The maximum Gasteiger partial charge on any atom is 0.329 e. The lowest BCUT2D eigenvalue weighted by Crippen LogP contribution is -2.69. The number of phenols is 1. The minimum absolute atomic E-state index is 0.0219. The molecule has 8 atom stereocenters. The number of esters is 2. The van der Waals surface area contributed by atoms with Crippen molar-refractivity contribution in [1.82, 2.24) is 15.1 Å². The Kier molecular flexibility index (Phi) is 8.86. The van der Waals surface area contributed by atoms with Gasteiger partial charge < -0.3 is 44.9 Å². The molecule has 2 saturated heterocycles. The third-order valence-corrected chi connectivity index (χ3v) is 12.2. The van der Waals surface area contributed by atoms with Crippen molar-refractivity contribution in [3.05, 3.63) is 39.4 Å². The van der Waals surface area contributed by atoms with Crippen LogP contribution in [0.1, 0.15) is 71.5 Å². The Balaban J connectivity index is 1.47. The molecule has 2 aromatic carbocycles. The number of aliphatic hydroxyl groups is 1. The summed E-state index contributed by atoms with van der Waals surface area (Å²) in [6.07, 6.45) is -0.606. The number of nitrogens with two attached hydrogens (primary N) is 1. The number of phenolic OH excluding ortho intramolecular Hbond substituents is 1. The first kappa shape index (κ1) is 34.7. The number of ether oxygens (including phenoxy) is 5. The van der Waals surface area contributed by atoms with Crippen molar-refractivity contribution in [1.29, 1.82) is 0 Å². The molecule has 50 heavy (non-hydrogen) atoms. The van der Waals surface area contributed by atoms with E-state index in [1.54, 1.807) is 6.92 Å². The Morgan fingerprint density at radius 1 is 1.12 bits per heavy atom. The van der Waals surface area contributed by atoms with Crippen molar-refractivity contribution in [3.8, 4) is 28.7 Å². The molecule has 0 aromatic heterocycles. The Morgan fingerprint density at radius 3 is 2.52 bits per heavy atom. The van der Waals surface area contributed by atoms with Gasteiger partial charge in [0.2, 0.25) is 12.7 Å². The molecule has 7 rings (SSSR count). The Hall–Kier alpha value is -3.76. The lowest BCUT2D eigenvalue weighted by Gasteiger charge is -2.62.